The first-order valence-corrected chi connectivity index (χ1v) is 6.20. The highest BCUT2D eigenvalue weighted by Gasteiger charge is 1.97. The summed E-state index contributed by atoms with van der Waals surface area (Å²) in [4.78, 5) is 10.8. The van der Waals surface area contributed by atoms with Gasteiger partial charge in [0, 0.05) is 19.3 Å². The number of carbonyl (C=O) groups excluding carboxylic acids is 1. The molecule has 0 radical (unpaired) electrons. The second-order valence-electron chi connectivity index (χ2n) is 3.82. The summed E-state index contributed by atoms with van der Waals surface area (Å²) in [5, 5.41) is 9.28. The van der Waals surface area contributed by atoms with Crippen LogP contribution >= 0.6 is 0 Å². The van der Waals surface area contributed by atoms with Gasteiger partial charge in [-0.1, -0.05) is 30.1 Å². The van der Waals surface area contributed by atoms with Crippen LogP contribution in [0.3, 0.4) is 0 Å². The van der Waals surface area contributed by atoms with E-state index in [2.05, 4.69) is 22.5 Å². The maximum Gasteiger partial charge on any atom is 0.305 e. The minimum Gasteiger partial charge on any atom is -0.469 e. The maximum absolute atomic E-state index is 10.8. The molecule has 0 spiro atoms. The van der Waals surface area contributed by atoms with E-state index in [1.807, 2.05) is 0 Å². The second kappa shape index (κ2) is 12.5. The predicted octanol–water partition coefficient (Wildman–Crippen LogP) is 2.22. The Morgan fingerprint density at radius 2 is 2.21 bits per heavy atom. The molecule has 0 aliphatic rings. The number of unbranched alkanes of at least 4 members (excludes halogenated alkanes) is 2. The first kappa shape index (κ1) is 17.0. The molecule has 3 nitrogen and oxygen atoms in total. The molecule has 0 aromatic carbocycles. The van der Waals surface area contributed by atoms with Crippen molar-refractivity contribution < 1.29 is 14.6 Å². The van der Waals surface area contributed by atoms with Gasteiger partial charge in [-0.15, -0.1) is 12.3 Å². The van der Waals surface area contributed by atoms with Crippen LogP contribution in [0.2, 0.25) is 0 Å². The predicted molar refractivity (Wildman–Crippen MR) is 76.0 cm³/mol. The highest BCUT2D eigenvalue weighted by molar-refractivity contribution is 5.68. The van der Waals surface area contributed by atoms with E-state index in [1.165, 1.54) is 7.11 Å². The molecule has 0 aliphatic carbocycles. The topological polar surface area (TPSA) is 46.5 Å². The third-order valence-electron chi connectivity index (χ3n) is 2.21. The summed E-state index contributed by atoms with van der Waals surface area (Å²) >= 11 is 0. The van der Waals surface area contributed by atoms with Crippen LogP contribution in [0.25, 0.3) is 0 Å². The lowest BCUT2D eigenvalue weighted by Gasteiger charge is -1.95. The molecule has 0 heterocycles. The summed E-state index contributed by atoms with van der Waals surface area (Å²) in [5.41, 5.74) is 0. The Morgan fingerprint density at radius 3 is 2.89 bits per heavy atom. The average Bonchev–Trinajstić information content (AvgIpc) is 2.40. The van der Waals surface area contributed by atoms with E-state index in [0.717, 1.165) is 19.3 Å². The smallest absolute Gasteiger partial charge is 0.305 e. The zero-order chi connectivity index (χ0) is 14.3. The number of hydrogen-bond donors (Lipinski definition) is 1. The van der Waals surface area contributed by atoms with Crippen molar-refractivity contribution in [2.45, 2.75) is 38.2 Å². The number of methoxy groups -OCH3 is 1. The van der Waals surface area contributed by atoms with Gasteiger partial charge in [0.05, 0.1) is 13.2 Å². The number of aliphatic hydroxyl groups is 1. The average molecular weight is 260 g/mol. The van der Waals surface area contributed by atoms with E-state index in [4.69, 9.17) is 6.42 Å². The molecule has 1 N–H and O–H groups in total. The lowest BCUT2D eigenvalue weighted by atomic mass is 10.2. The molecular formula is C16H20O3. The lowest BCUT2D eigenvalue weighted by molar-refractivity contribution is -0.140. The van der Waals surface area contributed by atoms with Crippen molar-refractivity contribution in [2.24, 2.45) is 0 Å². The summed E-state index contributed by atoms with van der Waals surface area (Å²) in [5.74, 6) is 8.04. The number of aliphatic hydroxyl groups excluding tert-OH is 1. The molecule has 1 unspecified atom stereocenters. The summed E-state index contributed by atoms with van der Waals surface area (Å²) in [6, 6.07) is 0. The Hall–Kier alpha value is -1.97. The largest absolute Gasteiger partial charge is 0.469 e. The SMILES string of the molecule is C#CCC(O)C=CC=CC#CCCCCC(=O)OC. The van der Waals surface area contributed by atoms with E-state index >= 15 is 0 Å². The molecular weight excluding hydrogens is 240 g/mol. The third kappa shape index (κ3) is 12.3. The van der Waals surface area contributed by atoms with Crippen LogP contribution < -0.4 is 0 Å². The summed E-state index contributed by atoms with van der Waals surface area (Å²) < 4.78 is 4.53. The molecule has 102 valence electrons. The molecule has 0 bridgehead atoms. The molecule has 0 aromatic rings. The molecule has 1 atom stereocenters. The second-order valence-corrected chi connectivity index (χ2v) is 3.82. The van der Waals surface area contributed by atoms with Crippen molar-refractivity contribution in [3.63, 3.8) is 0 Å². The number of carbonyl (C=O) groups is 1. The van der Waals surface area contributed by atoms with Gasteiger partial charge in [0.1, 0.15) is 0 Å². The molecule has 3 heteroatoms. The molecule has 0 rings (SSSR count). The monoisotopic (exact) mass is 260 g/mol. The quantitative estimate of drug-likeness (QED) is 0.330. The van der Waals surface area contributed by atoms with Gasteiger partial charge in [-0.2, -0.15) is 0 Å². The fourth-order valence-electron chi connectivity index (χ4n) is 1.20. The van der Waals surface area contributed by atoms with E-state index in [0.29, 0.717) is 12.8 Å². The van der Waals surface area contributed by atoms with Crippen molar-refractivity contribution in [2.75, 3.05) is 7.11 Å². The van der Waals surface area contributed by atoms with Crippen molar-refractivity contribution >= 4 is 5.97 Å². The van der Waals surface area contributed by atoms with Crippen molar-refractivity contribution in [1.29, 1.82) is 0 Å². The molecule has 0 aliphatic heterocycles. The minimum atomic E-state index is -0.596. The first-order chi connectivity index (χ1) is 9.20. The van der Waals surface area contributed by atoms with E-state index < -0.39 is 6.10 Å². The van der Waals surface area contributed by atoms with Crippen LogP contribution in [0.15, 0.2) is 24.3 Å². The van der Waals surface area contributed by atoms with E-state index in [9.17, 15) is 9.90 Å². The number of hydrogen-bond acceptors (Lipinski definition) is 3. The number of ether oxygens (including phenoxy) is 1. The number of terminal acetylenes is 1. The summed E-state index contributed by atoms with van der Waals surface area (Å²) in [6.45, 7) is 0. The van der Waals surface area contributed by atoms with Crippen LogP contribution in [-0.4, -0.2) is 24.3 Å². The van der Waals surface area contributed by atoms with Crippen LogP contribution in [0.5, 0.6) is 0 Å². The fraction of sp³-hybridized carbons (Fsp3) is 0.438. The van der Waals surface area contributed by atoms with Crippen LogP contribution in [-0.2, 0) is 9.53 Å². The minimum absolute atomic E-state index is 0.177. The first-order valence-electron chi connectivity index (χ1n) is 6.20. The van der Waals surface area contributed by atoms with Crippen molar-refractivity contribution in [3.8, 4) is 24.2 Å². The Balaban J connectivity index is 3.64. The molecule has 0 fully saturated rings. The van der Waals surface area contributed by atoms with Gasteiger partial charge in [-0.25, -0.2) is 0 Å². The third-order valence-corrected chi connectivity index (χ3v) is 2.21. The Kier molecular flexibility index (Phi) is 11.2. The molecule has 0 saturated heterocycles. The zero-order valence-electron chi connectivity index (χ0n) is 11.3. The molecule has 19 heavy (non-hydrogen) atoms. The molecule has 0 amide bonds. The fourth-order valence-corrected chi connectivity index (χ4v) is 1.20. The summed E-state index contributed by atoms with van der Waals surface area (Å²) in [7, 11) is 1.39. The van der Waals surface area contributed by atoms with Gasteiger partial charge >= 0.3 is 5.97 Å². The van der Waals surface area contributed by atoms with Crippen molar-refractivity contribution in [3.05, 3.63) is 24.3 Å². The Labute approximate surface area is 115 Å². The maximum atomic E-state index is 10.8. The van der Waals surface area contributed by atoms with Crippen LogP contribution in [0, 0.1) is 24.2 Å². The number of rotatable bonds is 7. The lowest BCUT2D eigenvalue weighted by Crippen LogP contribution is -1.98. The van der Waals surface area contributed by atoms with Crippen LogP contribution in [0.4, 0.5) is 0 Å². The summed E-state index contributed by atoms with van der Waals surface area (Å²) in [6.07, 6.45) is 14.4. The van der Waals surface area contributed by atoms with Gasteiger partial charge in [-0.05, 0) is 18.9 Å². The van der Waals surface area contributed by atoms with Gasteiger partial charge in [0.15, 0.2) is 0 Å². The normalized spacial score (nSPS) is 11.8. The van der Waals surface area contributed by atoms with Crippen molar-refractivity contribution in [1.82, 2.24) is 0 Å². The highest BCUT2D eigenvalue weighted by Crippen LogP contribution is 1.99. The highest BCUT2D eigenvalue weighted by atomic mass is 16.5. The van der Waals surface area contributed by atoms with Gasteiger partial charge < -0.3 is 9.84 Å². The Morgan fingerprint density at radius 1 is 1.42 bits per heavy atom. The molecule has 0 saturated carbocycles. The van der Waals surface area contributed by atoms with E-state index in [1.54, 1.807) is 24.3 Å². The van der Waals surface area contributed by atoms with Crippen LogP contribution in [0.1, 0.15) is 32.1 Å². The Bertz CT molecular complexity index is 402. The van der Waals surface area contributed by atoms with Gasteiger partial charge in [-0.3, -0.25) is 4.79 Å². The zero-order valence-corrected chi connectivity index (χ0v) is 11.3. The standard InChI is InChI=1S/C16H20O3/c1-3-12-15(17)13-10-8-6-4-5-7-9-11-14-16(18)19-2/h1,6,8,10,13,15,17H,7,9,11-12,14H2,2H3. The van der Waals surface area contributed by atoms with Gasteiger partial charge in [0.25, 0.3) is 0 Å². The number of esters is 1. The molecule has 0 aromatic heterocycles. The number of allylic oxidation sites excluding steroid dienone is 3. The van der Waals surface area contributed by atoms with E-state index in [-0.39, 0.29) is 5.97 Å². The van der Waals surface area contributed by atoms with Gasteiger partial charge in [0.2, 0.25) is 0 Å².